The van der Waals surface area contributed by atoms with E-state index in [9.17, 15) is 17.6 Å². The van der Waals surface area contributed by atoms with Gasteiger partial charge in [0.05, 0.1) is 15.9 Å². The predicted octanol–water partition coefficient (Wildman–Crippen LogP) is 3.02. The smallest absolute Gasteiger partial charge is 0.242 e. The van der Waals surface area contributed by atoms with Crippen LogP contribution < -0.4 is 5.32 Å². The standard InChI is InChI=1S/C20H23FN4O3S/c1-4-25-18-10-9-16(29(27,28)24(2)3)13-17(18)23-19(25)11-12-20(26)22-15-7-5-14(21)6-8-15/h5-10,13H,4,11-12H2,1-3H3,(H,22,26). The number of nitrogens with zero attached hydrogens (tertiary/aromatic N) is 3. The molecule has 2 aromatic carbocycles. The second-order valence-corrected chi connectivity index (χ2v) is 8.92. The largest absolute Gasteiger partial charge is 0.328 e. The number of aryl methyl sites for hydroxylation is 2. The minimum Gasteiger partial charge on any atom is -0.328 e. The number of sulfonamides is 1. The fraction of sp³-hybridized carbons (Fsp3) is 0.300. The normalized spacial score (nSPS) is 11.9. The Hall–Kier alpha value is -2.78. The van der Waals surface area contributed by atoms with Crippen molar-refractivity contribution < 1.29 is 17.6 Å². The van der Waals surface area contributed by atoms with Gasteiger partial charge in [-0.25, -0.2) is 22.1 Å². The zero-order valence-electron chi connectivity index (χ0n) is 16.5. The van der Waals surface area contributed by atoms with Gasteiger partial charge < -0.3 is 9.88 Å². The number of hydrogen-bond donors (Lipinski definition) is 1. The van der Waals surface area contributed by atoms with Crippen LogP contribution in [0, 0.1) is 5.82 Å². The molecule has 0 aliphatic heterocycles. The molecule has 0 saturated carbocycles. The first kappa shape index (κ1) is 20.9. The van der Waals surface area contributed by atoms with E-state index in [-0.39, 0.29) is 23.0 Å². The molecule has 0 aliphatic rings. The van der Waals surface area contributed by atoms with Crippen molar-refractivity contribution in [3.63, 3.8) is 0 Å². The summed E-state index contributed by atoms with van der Waals surface area (Å²) in [6.45, 7) is 2.61. The Morgan fingerprint density at radius 1 is 1.17 bits per heavy atom. The number of anilines is 1. The van der Waals surface area contributed by atoms with Crippen LogP contribution in [-0.2, 0) is 27.8 Å². The van der Waals surface area contributed by atoms with Crippen LogP contribution in [-0.4, -0.2) is 42.3 Å². The van der Waals surface area contributed by atoms with Crippen LogP contribution in [0.3, 0.4) is 0 Å². The van der Waals surface area contributed by atoms with Crippen molar-refractivity contribution in [3.05, 3.63) is 54.1 Å². The van der Waals surface area contributed by atoms with Crippen molar-refractivity contribution in [1.29, 1.82) is 0 Å². The fourth-order valence-corrected chi connectivity index (χ4v) is 3.98. The minimum atomic E-state index is -3.55. The number of benzene rings is 2. The third kappa shape index (κ3) is 4.46. The Balaban J connectivity index is 1.80. The van der Waals surface area contributed by atoms with Gasteiger partial charge in [0.15, 0.2) is 0 Å². The summed E-state index contributed by atoms with van der Waals surface area (Å²) in [6, 6.07) is 10.4. The van der Waals surface area contributed by atoms with E-state index < -0.39 is 10.0 Å². The lowest BCUT2D eigenvalue weighted by Gasteiger charge is -2.11. The third-order valence-electron chi connectivity index (χ3n) is 4.60. The molecule has 9 heteroatoms. The summed E-state index contributed by atoms with van der Waals surface area (Å²) in [6.07, 6.45) is 0.592. The average Bonchev–Trinajstić information content (AvgIpc) is 3.04. The molecule has 1 N–H and O–H groups in total. The number of fused-ring (bicyclic) bond motifs is 1. The van der Waals surface area contributed by atoms with Gasteiger partial charge in [-0.15, -0.1) is 0 Å². The van der Waals surface area contributed by atoms with Crippen LogP contribution >= 0.6 is 0 Å². The highest BCUT2D eigenvalue weighted by Crippen LogP contribution is 2.23. The average molecular weight is 418 g/mol. The van der Waals surface area contributed by atoms with E-state index in [1.165, 1.54) is 38.4 Å². The van der Waals surface area contributed by atoms with Crippen LogP contribution in [0.25, 0.3) is 11.0 Å². The van der Waals surface area contributed by atoms with Gasteiger partial charge in [-0.1, -0.05) is 0 Å². The molecule has 1 amide bonds. The van der Waals surface area contributed by atoms with Crippen LogP contribution in [0.15, 0.2) is 47.4 Å². The Bertz CT molecular complexity index is 1140. The molecule has 29 heavy (non-hydrogen) atoms. The van der Waals surface area contributed by atoms with E-state index in [1.807, 2.05) is 11.5 Å². The highest BCUT2D eigenvalue weighted by atomic mass is 32.2. The topological polar surface area (TPSA) is 84.3 Å². The minimum absolute atomic E-state index is 0.177. The summed E-state index contributed by atoms with van der Waals surface area (Å²) < 4.78 is 40.8. The summed E-state index contributed by atoms with van der Waals surface area (Å²) in [5.74, 6) is 0.133. The van der Waals surface area contributed by atoms with Crippen LogP contribution in [0.4, 0.5) is 10.1 Å². The summed E-state index contributed by atoms with van der Waals surface area (Å²) in [5.41, 5.74) is 1.92. The number of imidazole rings is 1. The summed E-state index contributed by atoms with van der Waals surface area (Å²) in [4.78, 5) is 17.0. The van der Waals surface area contributed by atoms with E-state index in [1.54, 1.807) is 18.2 Å². The number of nitrogens with one attached hydrogen (secondary N) is 1. The lowest BCUT2D eigenvalue weighted by Crippen LogP contribution is -2.22. The number of carbonyl (C=O) groups is 1. The molecule has 0 unspecified atom stereocenters. The molecule has 0 radical (unpaired) electrons. The first-order valence-corrected chi connectivity index (χ1v) is 10.6. The van der Waals surface area contributed by atoms with Crippen LogP contribution in [0.2, 0.25) is 0 Å². The second kappa shape index (κ2) is 8.30. The van der Waals surface area contributed by atoms with Gasteiger partial charge in [-0.2, -0.15) is 0 Å². The molecule has 0 aliphatic carbocycles. The molecule has 0 saturated heterocycles. The van der Waals surface area contributed by atoms with Gasteiger partial charge in [-0.3, -0.25) is 4.79 Å². The molecule has 0 fully saturated rings. The maximum absolute atomic E-state index is 13.0. The van der Waals surface area contributed by atoms with Gasteiger partial charge in [0.2, 0.25) is 15.9 Å². The molecule has 0 atom stereocenters. The van der Waals surface area contributed by atoms with Crippen molar-refractivity contribution in [2.45, 2.75) is 31.2 Å². The van der Waals surface area contributed by atoms with E-state index in [2.05, 4.69) is 10.3 Å². The highest BCUT2D eigenvalue weighted by molar-refractivity contribution is 7.89. The van der Waals surface area contributed by atoms with Crippen LogP contribution in [0.1, 0.15) is 19.2 Å². The molecule has 3 rings (SSSR count). The van der Waals surface area contributed by atoms with E-state index >= 15 is 0 Å². The van der Waals surface area contributed by atoms with E-state index in [0.29, 0.717) is 30.0 Å². The second-order valence-electron chi connectivity index (χ2n) is 6.77. The van der Waals surface area contributed by atoms with E-state index in [0.717, 1.165) is 9.82 Å². The first-order chi connectivity index (χ1) is 13.7. The molecule has 1 aromatic heterocycles. The van der Waals surface area contributed by atoms with Gasteiger partial charge in [0, 0.05) is 39.2 Å². The summed E-state index contributed by atoms with van der Waals surface area (Å²) >= 11 is 0. The van der Waals surface area contributed by atoms with Crippen molar-refractivity contribution in [1.82, 2.24) is 13.9 Å². The molecule has 7 nitrogen and oxygen atoms in total. The lowest BCUT2D eigenvalue weighted by atomic mass is 10.2. The fourth-order valence-electron chi connectivity index (χ4n) is 3.06. The maximum Gasteiger partial charge on any atom is 0.242 e. The number of carbonyl (C=O) groups excluding carboxylic acids is 1. The predicted molar refractivity (Wildman–Crippen MR) is 110 cm³/mol. The number of aromatic nitrogens is 2. The molecule has 0 spiro atoms. The van der Waals surface area contributed by atoms with Crippen molar-refractivity contribution in [2.24, 2.45) is 0 Å². The lowest BCUT2D eigenvalue weighted by molar-refractivity contribution is -0.116. The van der Waals surface area contributed by atoms with Gasteiger partial charge in [0.25, 0.3) is 0 Å². The summed E-state index contributed by atoms with van der Waals surface area (Å²) in [5, 5.41) is 2.72. The Labute approximate surface area is 169 Å². The van der Waals surface area contributed by atoms with Crippen molar-refractivity contribution >= 4 is 32.7 Å². The quantitative estimate of drug-likeness (QED) is 0.639. The third-order valence-corrected chi connectivity index (χ3v) is 6.41. The SMILES string of the molecule is CCn1c(CCC(=O)Nc2ccc(F)cc2)nc2cc(S(=O)(=O)N(C)C)ccc21. The molecule has 1 heterocycles. The first-order valence-electron chi connectivity index (χ1n) is 9.19. The Kier molecular flexibility index (Phi) is 5.99. The number of rotatable bonds is 7. The van der Waals surface area contributed by atoms with E-state index in [4.69, 9.17) is 0 Å². The van der Waals surface area contributed by atoms with Crippen molar-refractivity contribution in [3.8, 4) is 0 Å². The molecular formula is C20H23FN4O3S. The van der Waals surface area contributed by atoms with Crippen LogP contribution in [0.5, 0.6) is 0 Å². The highest BCUT2D eigenvalue weighted by Gasteiger charge is 2.19. The maximum atomic E-state index is 13.0. The van der Waals surface area contributed by atoms with Gasteiger partial charge in [-0.05, 0) is 49.4 Å². The monoisotopic (exact) mass is 418 g/mol. The zero-order chi connectivity index (χ0) is 21.2. The molecule has 3 aromatic rings. The number of hydrogen-bond acceptors (Lipinski definition) is 4. The zero-order valence-corrected chi connectivity index (χ0v) is 17.3. The summed E-state index contributed by atoms with van der Waals surface area (Å²) in [7, 11) is -0.586. The Morgan fingerprint density at radius 2 is 1.86 bits per heavy atom. The molecule has 0 bridgehead atoms. The molecular weight excluding hydrogens is 395 g/mol. The van der Waals surface area contributed by atoms with Gasteiger partial charge in [0.1, 0.15) is 11.6 Å². The number of halogens is 1. The van der Waals surface area contributed by atoms with Crippen molar-refractivity contribution in [2.75, 3.05) is 19.4 Å². The number of amides is 1. The Morgan fingerprint density at radius 3 is 2.48 bits per heavy atom. The molecule has 154 valence electrons. The van der Waals surface area contributed by atoms with Gasteiger partial charge >= 0.3 is 0 Å².